The summed E-state index contributed by atoms with van der Waals surface area (Å²) in [6.45, 7) is 0.508. The van der Waals surface area contributed by atoms with Crippen molar-refractivity contribution in [1.82, 2.24) is 9.88 Å². The minimum absolute atomic E-state index is 0.0365. The van der Waals surface area contributed by atoms with Crippen LogP contribution in [0.15, 0.2) is 87.3 Å². The van der Waals surface area contributed by atoms with Crippen molar-refractivity contribution in [1.29, 1.82) is 0 Å². The third-order valence-corrected chi connectivity index (χ3v) is 7.18. The van der Waals surface area contributed by atoms with Gasteiger partial charge in [-0.2, -0.15) is 0 Å². The Labute approximate surface area is 202 Å². The molecule has 0 aliphatic heterocycles. The highest BCUT2D eigenvalue weighted by Crippen LogP contribution is 2.29. The van der Waals surface area contributed by atoms with Crippen LogP contribution in [-0.4, -0.2) is 44.1 Å². The SMILES string of the molecule is COc1ccccc1NS(=O)(=O)c1ccc2oc(SCC(=O)N(C)Cc3ccccc3)nc2c1. The molecule has 8 nitrogen and oxygen atoms in total. The quantitative estimate of drug-likeness (QED) is 0.342. The summed E-state index contributed by atoms with van der Waals surface area (Å²) in [5.41, 5.74) is 2.19. The number of carbonyl (C=O) groups is 1. The van der Waals surface area contributed by atoms with Crippen LogP contribution >= 0.6 is 11.8 Å². The molecule has 1 aromatic heterocycles. The van der Waals surface area contributed by atoms with Gasteiger partial charge in [0.1, 0.15) is 11.3 Å². The highest BCUT2D eigenvalue weighted by atomic mass is 32.2. The zero-order valence-electron chi connectivity index (χ0n) is 18.6. The zero-order valence-corrected chi connectivity index (χ0v) is 20.2. The number of fused-ring (bicyclic) bond motifs is 1. The van der Waals surface area contributed by atoms with Gasteiger partial charge in [-0.15, -0.1) is 0 Å². The zero-order chi connectivity index (χ0) is 24.1. The number of amides is 1. The highest BCUT2D eigenvalue weighted by molar-refractivity contribution is 7.99. The summed E-state index contributed by atoms with van der Waals surface area (Å²) in [7, 11) is -0.660. The summed E-state index contributed by atoms with van der Waals surface area (Å²) in [5.74, 6) is 0.492. The number of anilines is 1. The summed E-state index contributed by atoms with van der Waals surface area (Å²) in [6, 6.07) is 20.9. The van der Waals surface area contributed by atoms with Gasteiger partial charge in [0.25, 0.3) is 15.2 Å². The summed E-state index contributed by atoms with van der Waals surface area (Å²) in [6.07, 6.45) is 0. The molecular weight excluding hydrogens is 474 g/mol. The van der Waals surface area contributed by atoms with Crippen LogP contribution in [-0.2, 0) is 21.4 Å². The molecule has 0 saturated carbocycles. The maximum Gasteiger partial charge on any atom is 0.262 e. The monoisotopic (exact) mass is 497 g/mol. The van der Waals surface area contributed by atoms with Crippen molar-refractivity contribution < 1.29 is 22.4 Å². The van der Waals surface area contributed by atoms with E-state index in [-0.39, 0.29) is 16.6 Å². The standard InChI is InChI=1S/C24H23N3O5S2/c1-27(15-17-8-4-3-5-9-17)23(28)16-33-24-25-20-14-18(12-13-22(20)32-24)34(29,30)26-19-10-6-7-11-21(19)31-2/h3-14,26H,15-16H2,1-2H3. The Balaban J connectivity index is 1.44. The molecule has 0 aliphatic carbocycles. The first kappa shape index (κ1) is 23.7. The lowest BCUT2D eigenvalue weighted by Crippen LogP contribution is -2.27. The lowest BCUT2D eigenvalue weighted by atomic mass is 10.2. The van der Waals surface area contributed by atoms with Crippen LogP contribution in [0.2, 0.25) is 0 Å². The lowest BCUT2D eigenvalue weighted by molar-refractivity contribution is -0.127. The molecule has 176 valence electrons. The average Bonchev–Trinajstić information content (AvgIpc) is 3.25. The van der Waals surface area contributed by atoms with E-state index in [0.717, 1.165) is 17.3 Å². The smallest absolute Gasteiger partial charge is 0.262 e. The maximum absolute atomic E-state index is 12.9. The molecule has 0 unspecified atom stereocenters. The van der Waals surface area contributed by atoms with E-state index < -0.39 is 10.0 Å². The molecule has 34 heavy (non-hydrogen) atoms. The number of sulfonamides is 1. The Hall–Kier alpha value is -3.50. The Morgan fingerprint density at radius 3 is 2.59 bits per heavy atom. The van der Waals surface area contributed by atoms with Crippen molar-refractivity contribution >= 4 is 44.5 Å². The number of aromatic nitrogens is 1. The number of para-hydroxylation sites is 2. The second kappa shape index (κ2) is 10.2. The topological polar surface area (TPSA) is 102 Å². The summed E-state index contributed by atoms with van der Waals surface area (Å²) in [5, 5.41) is 0.295. The van der Waals surface area contributed by atoms with Crippen molar-refractivity contribution in [3.8, 4) is 5.75 Å². The number of rotatable bonds is 9. The van der Waals surface area contributed by atoms with E-state index in [4.69, 9.17) is 9.15 Å². The molecule has 0 fully saturated rings. The molecule has 4 rings (SSSR count). The first-order valence-corrected chi connectivity index (χ1v) is 12.8. The van der Waals surface area contributed by atoms with Gasteiger partial charge in [-0.25, -0.2) is 13.4 Å². The van der Waals surface area contributed by atoms with E-state index in [1.54, 1.807) is 42.3 Å². The van der Waals surface area contributed by atoms with Crippen LogP contribution in [0.4, 0.5) is 5.69 Å². The van der Waals surface area contributed by atoms with E-state index in [2.05, 4.69) is 9.71 Å². The lowest BCUT2D eigenvalue weighted by Gasteiger charge is -2.16. The van der Waals surface area contributed by atoms with Crippen LogP contribution in [0.25, 0.3) is 11.1 Å². The third-order valence-electron chi connectivity index (χ3n) is 5.01. The number of thioether (sulfide) groups is 1. The maximum atomic E-state index is 12.9. The molecule has 0 atom stereocenters. The second-order valence-electron chi connectivity index (χ2n) is 7.44. The van der Waals surface area contributed by atoms with E-state index in [1.807, 2.05) is 30.3 Å². The van der Waals surface area contributed by atoms with Crippen LogP contribution in [0.1, 0.15) is 5.56 Å². The second-order valence-corrected chi connectivity index (χ2v) is 10.0. The highest BCUT2D eigenvalue weighted by Gasteiger charge is 2.19. The van der Waals surface area contributed by atoms with E-state index in [0.29, 0.717) is 34.3 Å². The molecule has 1 N–H and O–H groups in total. The number of hydrogen-bond donors (Lipinski definition) is 1. The van der Waals surface area contributed by atoms with E-state index >= 15 is 0 Å². The third kappa shape index (κ3) is 5.52. The van der Waals surface area contributed by atoms with Gasteiger partial charge in [0.05, 0.1) is 23.4 Å². The molecule has 4 aromatic rings. The van der Waals surface area contributed by atoms with Gasteiger partial charge in [0.2, 0.25) is 5.91 Å². The van der Waals surface area contributed by atoms with Gasteiger partial charge >= 0.3 is 0 Å². The van der Waals surface area contributed by atoms with Crippen molar-refractivity contribution in [3.05, 3.63) is 78.4 Å². The molecule has 0 saturated heterocycles. The number of methoxy groups -OCH3 is 1. The average molecular weight is 498 g/mol. The van der Waals surface area contributed by atoms with Crippen molar-refractivity contribution in [2.24, 2.45) is 0 Å². The van der Waals surface area contributed by atoms with E-state index in [9.17, 15) is 13.2 Å². The minimum atomic E-state index is -3.87. The predicted octanol–water partition coefficient (Wildman–Crippen LogP) is 4.39. The molecule has 0 bridgehead atoms. The largest absolute Gasteiger partial charge is 0.495 e. The molecule has 10 heteroatoms. The number of nitrogens with one attached hydrogen (secondary N) is 1. The normalized spacial score (nSPS) is 11.4. The van der Waals surface area contributed by atoms with Crippen LogP contribution in [0.3, 0.4) is 0 Å². The molecule has 3 aromatic carbocycles. The van der Waals surface area contributed by atoms with Crippen molar-refractivity contribution in [3.63, 3.8) is 0 Å². The van der Waals surface area contributed by atoms with Gasteiger partial charge in [-0.1, -0.05) is 54.2 Å². The van der Waals surface area contributed by atoms with Gasteiger partial charge in [0.15, 0.2) is 5.58 Å². The fourth-order valence-electron chi connectivity index (χ4n) is 3.23. The van der Waals surface area contributed by atoms with Gasteiger partial charge in [-0.3, -0.25) is 9.52 Å². The number of nitrogens with zero attached hydrogens (tertiary/aromatic N) is 2. The number of ether oxygens (including phenoxy) is 1. The van der Waals surface area contributed by atoms with Crippen molar-refractivity contribution in [2.75, 3.05) is 24.6 Å². The Kier molecular flexibility index (Phi) is 7.09. The summed E-state index contributed by atoms with van der Waals surface area (Å²) < 4.78 is 39.2. The fourth-order valence-corrected chi connectivity index (χ4v) is 5.10. The number of benzene rings is 3. The summed E-state index contributed by atoms with van der Waals surface area (Å²) in [4.78, 5) is 18.5. The Bertz CT molecular complexity index is 1400. The van der Waals surface area contributed by atoms with Crippen LogP contribution in [0.5, 0.6) is 5.75 Å². The van der Waals surface area contributed by atoms with Gasteiger partial charge < -0.3 is 14.1 Å². The predicted molar refractivity (Wildman–Crippen MR) is 131 cm³/mol. The first-order chi connectivity index (χ1) is 16.4. The van der Waals surface area contributed by atoms with Gasteiger partial charge in [-0.05, 0) is 35.9 Å². The molecule has 0 aliphatic rings. The molecule has 0 spiro atoms. The number of carbonyl (C=O) groups excluding carboxylic acids is 1. The minimum Gasteiger partial charge on any atom is -0.495 e. The van der Waals surface area contributed by atoms with E-state index in [1.165, 1.54) is 19.2 Å². The van der Waals surface area contributed by atoms with Crippen molar-refractivity contribution in [2.45, 2.75) is 16.7 Å². The molecule has 0 radical (unpaired) electrons. The number of oxazole rings is 1. The fraction of sp³-hybridized carbons (Fsp3) is 0.167. The van der Waals surface area contributed by atoms with Crippen LogP contribution < -0.4 is 9.46 Å². The van der Waals surface area contributed by atoms with Crippen LogP contribution in [0, 0.1) is 0 Å². The molecule has 1 heterocycles. The Morgan fingerprint density at radius 1 is 1.09 bits per heavy atom. The first-order valence-electron chi connectivity index (χ1n) is 10.3. The Morgan fingerprint density at radius 2 is 1.82 bits per heavy atom. The summed E-state index contributed by atoms with van der Waals surface area (Å²) >= 11 is 1.16. The molecule has 1 amide bonds. The molecular formula is C24H23N3O5S2. The van der Waals surface area contributed by atoms with Gasteiger partial charge in [0, 0.05) is 13.6 Å². The number of hydrogen-bond acceptors (Lipinski definition) is 7.